The van der Waals surface area contributed by atoms with Crippen molar-refractivity contribution < 1.29 is 28.9 Å². The van der Waals surface area contributed by atoms with Crippen molar-refractivity contribution in [3.05, 3.63) is 11.0 Å². The predicted molar refractivity (Wildman–Crippen MR) is 53.6 cm³/mol. The van der Waals surface area contributed by atoms with Gasteiger partial charge in [0.05, 0.1) is 21.2 Å². The minimum Gasteiger partial charge on any atom is -0.762 e. The summed E-state index contributed by atoms with van der Waals surface area (Å²) in [6.07, 6.45) is 0. The van der Waals surface area contributed by atoms with Crippen molar-refractivity contribution in [2.24, 2.45) is 0 Å². The minimum atomic E-state index is -1.05. The Morgan fingerprint density at radius 3 is 2.31 bits per heavy atom. The van der Waals surface area contributed by atoms with Gasteiger partial charge in [-0.05, 0) is 0 Å². The van der Waals surface area contributed by atoms with E-state index < -0.39 is 17.5 Å². The highest BCUT2D eigenvalue weighted by Gasteiger charge is 2.20. The quantitative estimate of drug-likeness (QED) is 0.129. The Hall–Kier alpha value is -1.69. The molecule has 0 aromatic heterocycles. The van der Waals surface area contributed by atoms with Crippen LogP contribution in [0.3, 0.4) is 0 Å². The number of ether oxygens (including phenoxy) is 2. The van der Waals surface area contributed by atoms with Gasteiger partial charge in [-0.3, -0.25) is 0 Å². The first-order valence-corrected chi connectivity index (χ1v) is 4.40. The molecular formula is C9H14N2O5. The molecule has 1 N–H and O–H groups in total. The lowest BCUT2D eigenvalue weighted by Crippen LogP contribution is -2.39. The molecule has 0 atom stereocenters. The van der Waals surface area contributed by atoms with Crippen LogP contribution >= 0.6 is 0 Å². The Balaban J connectivity index is 4.26. The number of esters is 2. The van der Waals surface area contributed by atoms with Crippen molar-refractivity contribution >= 4 is 17.8 Å². The first kappa shape index (κ1) is 14.3. The second kappa shape index (κ2) is 6.02. The van der Waals surface area contributed by atoms with E-state index in [2.05, 4.69) is 9.47 Å². The van der Waals surface area contributed by atoms with E-state index in [0.717, 1.165) is 7.11 Å². The van der Waals surface area contributed by atoms with E-state index in [9.17, 15) is 14.8 Å². The molecule has 0 heterocycles. The predicted octanol–water partition coefficient (Wildman–Crippen LogP) is -0.666. The topological polar surface area (TPSA) is 95.1 Å². The summed E-state index contributed by atoms with van der Waals surface area (Å²) in [5, 5.41) is 17.8. The van der Waals surface area contributed by atoms with Crippen LogP contribution in [-0.2, 0) is 19.1 Å². The fourth-order valence-electron chi connectivity index (χ4n) is 0.711. The maximum absolute atomic E-state index is 11.2. The molecule has 7 heteroatoms. The Morgan fingerprint density at radius 2 is 1.94 bits per heavy atom. The van der Waals surface area contributed by atoms with Crippen LogP contribution in [0.1, 0.15) is 0 Å². The third-order valence-electron chi connectivity index (χ3n) is 1.58. The van der Waals surface area contributed by atoms with Gasteiger partial charge < -0.3 is 14.9 Å². The lowest BCUT2D eigenvalue weighted by Gasteiger charge is -2.18. The SMILES string of the molecule is COC(=O)C(=C=[N-])C(=O)OCC[N+](C)(C)O. The molecule has 0 aliphatic carbocycles. The Labute approximate surface area is 92.9 Å². The van der Waals surface area contributed by atoms with Crippen LogP contribution in [0.4, 0.5) is 0 Å². The highest BCUT2D eigenvalue weighted by molar-refractivity contribution is 6.21. The van der Waals surface area contributed by atoms with Crippen molar-refractivity contribution in [1.29, 1.82) is 0 Å². The molecule has 0 amide bonds. The number of methoxy groups -OCH3 is 1. The van der Waals surface area contributed by atoms with Gasteiger partial charge >= 0.3 is 11.9 Å². The van der Waals surface area contributed by atoms with Gasteiger partial charge in [0.2, 0.25) is 0 Å². The van der Waals surface area contributed by atoms with E-state index in [1.54, 1.807) is 0 Å². The minimum absolute atomic E-state index is 0.107. The molecule has 0 radical (unpaired) electrons. The van der Waals surface area contributed by atoms with E-state index in [4.69, 9.17) is 5.41 Å². The van der Waals surface area contributed by atoms with E-state index >= 15 is 0 Å². The molecule has 0 aromatic rings. The van der Waals surface area contributed by atoms with Crippen LogP contribution in [0.5, 0.6) is 0 Å². The van der Waals surface area contributed by atoms with Crippen molar-refractivity contribution in [1.82, 2.24) is 0 Å². The van der Waals surface area contributed by atoms with E-state index in [1.807, 2.05) is 0 Å². The van der Waals surface area contributed by atoms with Gasteiger partial charge in [0.25, 0.3) is 0 Å². The molecule has 0 unspecified atom stereocenters. The van der Waals surface area contributed by atoms with Crippen LogP contribution < -0.4 is 0 Å². The molecular weight excluding hydrogens is 216 g/mol. The third-order valence-corrected chi connectivity index (χ3v) is 1.58. The first-order valence-electron chi connectivity index (χ1n) is 4.40. The monoisotopic (exact) mass is 230 g/mol. The first-order chi connectivity index (χ1) is 7.31. The summed E-state index contributed by atoms with van der Waals surface area (Å²) < 4.78 is 8.46. The Bertz CT molecular complexity index is 325. The normalized spacial score (nSPS) is 10.2. The molecule has 0 aliphatic rings. The summed E-state index contributed by atoms with van der Waals surface area (Å²) in [5.41, 5.74) is -0.717. The molecule has 0 aliphatic heterocycles. The average Bonchev–Trinajstić information content (AvgIpc) is 2.16. The number of hydrogen-bond donors (Lipinski definition) is 1. The standard InChI is InChI=1S/C9H14N2O5/c1-11(2,14)4-5-16-9(13)7(6-10)8(12)15-3/h14H,4-5H2,1-3H3. The second-order valence-corrected chi connectivity index (χ2v) is 3.46. The zero-order valence-electron chi connectivity index (χ0n) is 9.39. The van der Waals surface area contributed by atoms with Gasteiger partial charge in [-0.25, -0.2) is 20.7 Å². The van der Waals surface area contributed by atoms with Gasteiger partial charge in [0, 0.05) is 0 Å². The highest BCUT2D eigenvalue weighted by Crippen LogP contribution is 1.98. The summed E-state index contributed by atoms with van der Waals surface area (Å²) >= 11 is 0. The molecule has 0 saturated carbocycles. The number of quaternary nitrogens is 1. The molecule has 0 rings (SSSR count). The summed E-state index contributed by atoms with van der Waals surface area (Å²) in [4.78, 5) is 22.1. The fraction of sp³-hybridized carbons (Fsp3) is 0.556. The van der Waals surface area contributed by atoms with Crippen LogP contribution in [0.2, 0.25) is 0 Å². The smallest absolute Gasteiger partial charge is 0.351 e. The summed E-state index contributed by atoms with van der Waals surface area (Å²) in [7, 11) is 4.03. The van der Waals surface area contributed by atoms with Gasteiger partial charge in [-0.15, -0.1) is 0 Å². The van der Waals surface area contributed by atoms with Gasteiger partial charge in [0.15, 0.2) is 5.57 Å². The van der Waals surface area contributed by atoms with Crippen LogP contribution in [0.15, 0.2) is 5.57 Å². The Kier molecular flexibility index (Phi) is 5.38. The van der Waals surface area contributed by atoms with Crippen LogP contribution in [0.25, 0.3) is 5.41 Å². The molecule has 0 spiro atoms. The van der Waals surface area contributed by atoms with Crippen molar-refractivity contribution in [2.75, 3.05) is 34.4 Å². The summed E-state index contributed by atoms with van der Waals surface area (Å²) in [6, 6.07) is 0. The molecule has 0 aromatic carbocycles. The Morgan fingerprint density at radius 1 is 1.38 bits per heavy atom. The second-order valence-electron chi connectivity index (χ2n) is 3.46. The van der Waals surface area contributed by atoms with Crippen molar-refractivity contribution in [3.8, 4) is 0 Å². The highest BCUT2D eigenvalue weighted by atomic mass is 16.6. The number of carbonyl (C=O) groups is 2. The van der Waals surface area contributed by atoms with Gasteiger partial charge in [0.1, 0.15) is 13.2 Å². The van der Waals surface area contributed by atoms with Crippen molar-refractivity contribution in [2.45, 2.75) is 0 Å². The number of likely N-dealkylation sites (N-methyl/N-ethyl adjacent to an activating group) is 1. The number of nitrogens with zero attached hydrogens (tertiary/aromatic N) is 2. The lowest BCUT2D eigenvalue weighted by molar-refractivity contribution is -1.07. The lowest BCUT2D eigenvalue weighted by atomic mass is 10.3. The third kappa shape index (κ3) is 5.26. The van der Waals surface area contributed by atoms with Crippen LogP contribution in [0, 0.1) is 0 Å². The maximum atomic E-state index is 11.2. The number of carbonyl (C=O) groups excluding carboxylic acids is 2. The van der Waals surface area contributed by atoms with Gasteiger partial charge in [-0.1, -0.05) is 0 Å². The number of rotatable bonds is 5. The van der Waals surface area contributed by atoms with E-state index in [-0.39, 0.29) is 17.8 Å². The zero-order chi connectivity index (χ0) is 12.8. The van der Waals surface area contributed by atoms with Crippen molar-refractivity contribution in [3.63, 3.8) is 0 Å². The molecule has 7 nitrogen and oxygen atoms in total. The largest absolute Gasteiger partial charge is 0.762 e. The van der Waals surface area contributed by atoms with E-state index in [0.29, 0.717) is 0 Å². The number of hydrogen-bond acceptors (Lipinski definition) is 5. The summed E-state index contributed by atoms with van der Waals surface area (Å²) in [5.74, 6) is -0.690. The fourth-order valence-corrected chi connectivity index (χ4v) is 0.711. The molecule has 0 fully saturated rings. The average molecular weight is 230 g/mol. The maximum Gasteiger partial charge on any atom is 0.351 e. The van der Waals surface area contributed by atoms with Gasteiger partial charge in [-0.2, -0.15) is 4.65 Å². The molecule has 0 saturated heterocycles. The number of hydroxylamine groups is 3. The summed E-state index contributed by atoms with van der Waals surface area (Å²) in [6.45, 7) is 0.0378. The molecule has 0 bridgehead atoms. The molecule has 90 valence electrons. The zero-order valence-corrected chi connectivity index (χ0v) is 9.39. The molecule has 16 heavy (non-hydrogen) atoms. The van der Waals surface area contributed by atoms with E-state index in [1.165, 1.54) is 20.0 Å². The van der Waals surface area contributed by atoms with Crippen LogP contribution in [-0.4, -0.2) is 62.0 Å².